The van der Waals surface area contributed by atoms with Crippen LogP contribution in [0.3, 0.4) is 0 Å². The molecule has 6 heteroatoms. The minimum atomic E-state index is -0.775. The molecule has 0 unspecified atom stereocenters. The minimum Gasteiger partial charge on any atom is -0.481 e. The van der Waals surface area contributed by atoms with Gasteiger partial charge in [0.25, 0.3) is 5.91 Å². The molecule has 0 bridgehead atoms. The number of rotatable bonds is 3. The number of carboxylic acid groups (broad SMARTS) is 1. The average molecular weight is 294 g/mol. The van der Waals surface area contributed by atoms with Crippen LogP contribution in [0.1, 0.15) is 33.2 Å². The summed E-state index contributed by atoms with van der Waals surface area (Å²) in [6.45, 7) is 4.66. The van der Waals surface area contributed by atoms with Crippen LogP contribution in [0.25, 0.3) is 0 Å². The van der Waals surface area contributed by atoms with Crippen molar-refractivity contribution in [3.8, 4) is 0 Å². The van der Waals surface area contributed by atoms with Crippen LogP contribution < -0.4 is 0 Å². The summed E-state index contributed by atoms with van der Waals surface area (Å²) in [5, 5.41) is 10.2. The van der Waals surface area contributed by atoms with Crippen molar-refractivity contribution in [2.75, 3.05) is 13.1 Å². The monoisotopic (exact) mass is 294 g/mol. The Kier molecular flexibility index (Phi) is 3.28. The Bertz CT molecular complexity index is 565. The van der Waals surface area contributed by atoms with Crippen molar-refractivity contribution in [3.05, 3.63) is 15.6 Å². The van der Waals surface area contributed by atoms with Gasteiger partial charge < -0.3 is 10.0 Å². The Morgan fingerprint density at radius 1 is 1.30 bits per heavy atom. The van der Waals surface area contributed by atoms with Gasteiger partial charge in [-0.05, 0) is 38.5 Å². The van der Waals surface area contributed by atoms with E-state index in [0.717, 1.165) is 22.7 Å². The van der Waals surface area contributed by atoms with Crippen molar-refractivity contribution in [1.82, 2.24) is 9.88 Å². The Labute approximate surface area is 121 Å². The first-order chi connectivity index (χ1) is 9.47. The normalized spacial score (nSPS) is 26.0. The predicted octanol–water partition coefficient (Wildman–Crippen LogP) is 1.94. The Balaban J connectivity index is 1.79. The van der Waals surface area contributed by atoms with E-state index in [1.165, 1.54) is 11.3 Å². The van der Waals surface area contributed by atoms with Gasteiger partial charge in [0.15, 0.2) is 0 Å². The number of likely N-dealkylation sites (tertiary alicyclic amines) is 1. The van der Waals surface area contributed by atoms with Gasteiger partial charge in [-0.2, -0.15) is 0 Å². The van der Waals surface area contributed by atoms with Crippen LogP contribution >= 0.6 is 11.3 Å². The molecule has 0 radical (unpaired) electrons. The number of amides is 1. The number of aryl methyl sites for hydroxylation is 2. The zero-order valence-electron chi connectivity index (χ0n) is 11.6. The smallest absolute Gasteiger partial charge is 0.308 e. The zero-order valence-corrected chi connectivity index (χ0v) is 12.4. The molecule has 1 aliphatic carbocycles. The lowest BCUT2D eigenvalue weighted by Gasteiger charge is -2.15. The van der Waals surface area contributed by atoms with Gasteiger partial charge in [0.1, 0.15) is 5.69 Å². The molecule has 1 saturated carbocycles. The second-order valence-corrected chi connectivity index (χ2v) is 7.20. The lowest BCUT2D eigenvalue weighted by atomic mass is 9.92. The van der Waals surface area contributed by atoms with Crippen molar-refractivity contribution in [3.63, 3.8) is 0 Å². The summed E-state index contributed by atoms with van der Waals surface area (Å²) < 4.78 is 0. The summed E-state index contributed by atoms with van der Waals surface area (Å²) in [7, 11) is 0. The molecule has 0 aromatic carbocycles. The number of thiazole rings is 1. The highest BCUT2D eigenvalue weighted by Gasteiger charge is 2.47. The van der Waals surface area contributed by atoms with Crippen LogP contribution in [0.4, 0.5) is 0 Å². The fourth-order valence-corrected chi connectivity index (χ4v) is 3.94. The average Bonchev–Trinajstić information content (AvgIpc) is 3.03. The van der Waals surface area contributed by atoms with Crippen LogP contribution in [0.5, 0.6) is 0 Å². The fraction of sp³-hybridized carbons (Fsp3) is 0.643. The Hall–Kier alpha value is -1.43. The largest absolute Gasteiger partial charge is 0.481 e. The number of hydrogen-bond acceptors (Lipinski definition) is 4. The van der Waals surface area contributed by atoms with E-state index < -0.39 is 11.9 Å². The molecule has 2 heterocycles. The fourth-order valence-electron chi connectivity index (χ4n) is 3.14. The molecule has 1 amide bonds. The third-order valence-electron chi connectivity index (χ3n) is 4.30. The van der Waals surface area contributed by atoms with E-state index in [2.05, 4.69) is 4.98 Å². The van der Waals surface area contributed by atoms with E-state index in [1.54, 1.807) is 4.90 Å². The molecular weight excluding hydrogens is 276 g/mol. The predicted molar refractivity (Wildman–Crippen MR) is 74.8 cm³/mol. The molecule has 20 heavy (non-hydrogen) atoms. The SMILES string of the molecule is Cc1nc(C(=O)N2C[C@H](C(=O)O)[C@@H](C3CC3)C2)c(C)s1. The molecule has 1 aliphatic heterocycles. The molecule has 1 aromatic heterocycles. The van der Waals surface area contributed by atoms with Crippen LogP contribution in [-0.4, -0.2) is 40.0 Å². The molecule has 2 atom stereocenters. The number of carboxylic acids is 1. The summed E-state index contributed by atoms with van der Waals surface area (Å²) in [6, 6.07) is 0. The molecule has 3 rings (SSSR count). The van der Waals surface area contributed by atoms with Crippen molar-refractivity contribution in [2.24, 2.45) is 17.8 Å². The first kappa shape index (κ1) is 13.5. The number of nitrogens with zero attached hydrogens (tertiary/aromatic N) is 2. The number of carbonyl (C=O) groups is 2. The molecule has 1 aromatic rings. The lowest BCUT2D eigenvalue weighted by Crippen LogP contribution is -2.30. The van der Waals surface area contributed by atoms with E-state index in [1.807, 2.05) is 13.8 Å². The maximum atomic E-state index is 12.5. The van der Waals surface area contributed by atoms with Gasteiger partial charge in [-0.25, -0.2) is 4.98 Å². The molecule has 0 spiro atoms. The van der Waals surface area contributed by atoms with Gasteiger partial charge in [0.2, 0.25) is 0 Å². The molecule has 5 nitrogen and oxygen atoms in total. The van der Waals surface area contributed by atoms with Gasteiger partial charge in [0.05, 0.1) is 10.9 Å². The summed E-state index contributed by atoms with van der Waals surface area (Å²) in [5.41, 5.74) is 0.494. The van der Waals surface area contributed by atoms with Gasteiger partial charge in [-0.15, -0.1) is 11.3 Å². The van der Waals surface area contributed by atoms with Gasteiger partial charge >= 0.3 is 5.97 Å². The number of aliphatic carboxylic acids is 1. The van der Waals surface area contributed by atoms with E-state index in [4.69, 9.17) is 0 Å². The van der Waals surface area contributed by atoms with Gasteiger partial charge in [0, 0.05) is 18.0 Å². The molecule has 1 N–H and O–H groups in total. The van der Waals surface area contributed by atoms with Crippen LogP contribution in [-0.2, 0) is 4.79 Å². The second kappa shape index (κ2) is 4.84. The molecule has 2 aliphatic rings. The molecule has 108 valence electrons. The first-order valence-corrected chi connectivity index (χ1v) is 7.75. The maximum absolute atomic E-state index is 12.5. The van der Waals surface area contributed by atoms with Crippen LogP contribution in [0.15, 0.2) is 0 Å². The quantitative estimate of drug-likeness (QED) is 0.925. The van der Waals surface area contributed by atoms with Gasteiger partial charge in [-0.1, -0.05) is 0 Å². The summed E-state index contributed by atoms with van der Waals surface area (Å²) in [6.07, 6.45) is 2.20. The van der Waals surface area contributed by atoms with E-state index in [-0.39, 0.29) is 11.8 Å². The minimum absolute atomic E-state index is 0.110. The van der Waals surface area contributed by atoms with E-state index in [0.29, 0.717) is 24.7 Å². The third-order valence-corrected chi connectivity index (χ3v) is 5.19. The van der Waals surface area contributed by atoms with E-state index >= 15 is 0 Å². The molecular formula is C14H18N2O3S. The number of hydrogen-bond donors (Lipinski definition) is 1. The molecule has 1 saturated heterocycles. The molecule has 2 fully saturated rings. The lowest BCUT2D eigenvalue weighted by molar-refractivity contribution is -0.142. The summed E-state index contributed by atoms with van der Waals surface area (Å²) in [4.78, 5) is 30.8. The topological polar surface area (TPSA) is 70.5 Å². The van der Waals surface area contributed by atoms with Crippen LogP contribution in [0.2, 0.25) is 0 Å². The highest BCUT2D eigenvalue weighted by atomic mass is 32.1. The van der Waals surface area contributed by atoms with Crippen LogP contribution in [0, 0.1) is 31.6 Å². The Morgan fingerprint density at radius 2 is 2.00 bits per heavy atom. The summed E-state index contributed by atoms with van der Waals surface area (Å²) >= 11 is 1.51. The number of aromatic nitrogens is 1. The highest BCUT2D eigenvalue weighted by Crippen LogP contribution is 2.44. The second-order valence-electron chi connectivity index (χ2n) is 5.79. The first-order valence-electron chi connectivity index (χ1n) is 6.93. The summed E-state index contributed by atoms with van der Waals surface area (Å²) in [5.74, 6) is -0.681. The third kappa shape index (κ3) is 2.32. The zero-order chi connectivity index (χ0) is 14.4. The number of carbonyl (C=O) groups excluding carboxylic acids is 1. The van der Waals surface area contributed by atoms with Crippen molar-refractivity contribution >= 4 is 23.2 Å². The van der Waals surface area contributed by atoms with E-state index in [9.17, 15) is 14.7 Å². The van der Waals surface area contributed by atoms with Crippen molar-refractivity contribution < 1.29 is 14.7 Å². The van der Waals surface area contributed by atoms with Crippen molar-refractivity contribution in [1.29, 1.82) is 0 Å². The van der Waals surface area contributed by atoms with Gasteiger partial charge in [-0.3, -0.25) is 9.59 Å². The standard InChI is InChI=1S/C14H18N2O3S/c1-7-12(15-8(2)20-7)13(17)16-5-10(9-3-4-9)11(6-16)14(18)19/h9-11H,3-6H2,1-2H3,(H,18,19)/t10-,11+/m1/s1. The maximum Gasteiger partial charge on any atom is 0.308 e. The highest BCUT2D eigenvalue weighted by molar-refractivity contribution is 7.11. The van der Waals surface area contributed by atoms with Crippen molar-refractivity contribution in [2.45, 2.75) is 26.7 Å². The Morgan fingerprint density at radius 3 is 2.50 bits per heavy atom.